The van der Waals surface area contributed by atoms with Crippen molar-refractivity contribution in [2.45, 2.75) is 32.2 Å². The van der Waals surface area contributed by atoms with Crippen LogP contribution >= 0.6 is 0 Å². The summed E-state index contributed by atoms with van der Waals surface area (Å²) in [6.45, 7) is 5.82. The molecule has 9 heteroatoms. The van der Waals surface area contributed by atoms with E-state index in [0.717, 1.165) is 24.8 Å². The molecule has 2 amide bonds. The van der Waals surface area contributed by atoms with Crippen molar-refractivity contribution in [3.63, 3.8) is 0 Å². The zero-order chi connectivity index (χ0) is 21.6. The van der Waals surface area contributed by atoms with Gasteiger partial charge in [-0.1, -0.05) is 13.0 Å². The first-order valence-corrected chi connectivity index (χ1v) is 10.7. The minimum absolute atomic E-state index is 0.0710. The van der Waals surface area contributed by atoms with Crippen LogP contribution in [0, 0.1) is 0 Å². The number of benzene rings is 1. The van der Waals surface area contributed by atoms with Crippen molar-refractivity contribution in [2.24, 2.45) is 0 Å². The quantitative estimate of drug-likeness (QED) is 0.727. The molecule has 0 spiro atoms. The van der Waals surface area contributed by atoms with E-state index in [0.29, 0.717) is 56.8 Å². The molecule has 1 aromatic carbocycles. The summed E-state index contributed by atoms with van der Waals surface area (Å²) >= 11 is 0. The number of hydrogen-bond acceptors (Lipinski definition) is 7. The highest BCUT2D eigenvalue weighted by Gasteiger charge is 2.22. The predicted octanol–water partition coefficient (Wildman–Crippen LogP) is 2.23. The number of carbonyl (C=O) groups excluding carboxylic acids is 2. The van der Waals surface area contributed by atoms with Crippen LogP contribution in [0.2, 0.25) is 0 Å². The van der Waals surface area contributed by atoms with Crippen molar-refractivity contribution in [2.75, 3.05) is 49.7 Å². The molecule has 9 nitrogen and oxygen atoms in total. The first kappa shape index (κ1) is 21.3. The number of anilines is 2. The monoisotopic (exact) mass is 428 g/mol. The smallest absolute Gasteiger partial charge is 0.298 e. The summed E-state index contributed by atoms with van der Waals surface area (Å²) in [5, 5.41) is 5.89. The summed E-state index contributed by atoms with van der Waals surface area (Å²) in [4.78, 5) is 32.0. The molecule has 2 fully saturated rings. The summed E-state index contributed by atoms with van der Waals surface area (Å²) in [6, 6.07) is 5.96. The van der Waals surface area contributed by atoms with Crippen LogP contribution in [0.4, 0.5) is 11.7 Å². The minimum atomic E-state index is -0.423. The Morgan fingerprint density at radius 1 is 1.10 bits per heavy atom. The number of aryl methyl sites for hydroxylation is 1. The van der Waals surface area contributed by atoms with E-state index in [1.165, 1.54) is 6.26 Å². The molecule has 0 atom stereocenters. The van der Waals surface area contributed by atoms with Gasteiger partial charge in [0.25, 0.3) is 17.8 Å². The Balaban J connectivity index is 1.48. The van der Waals surface area contributed by atoms with E-state index < -0.39 is 5.91 Å². The molecule has 166 valence electrons. The second kappa shape index (κ2) is 9.93. The van der Waals surface area contributed by atoms with Crippen molar-refractivity contribution in [1.82, 2.24) is 10.3 Å². The predicted molar refractivity (Wildman–Crippen MR) is 115 cm³/mol. The lowest BCUT2D eigenvalue weighted by atomic mass is 10.0. The van der Waals surface area contributed by atoms with E-state index in [1.54, 1.807) is 6.07 Å². The molecule has 4 rings (SSSR count). The Morgan fingerprint density at radius 3 is 2.58 bits per heavy atom. The van der Waals surface area contributed by atoms with Crippen LogP contribution in [0.5, 0.6) is 0 Å². The molecule has 2 aliphatic rings. The van der Waals surface area contributed by atoms with Crippen LogP contribution in [0.15, 0.2) is 28.9 Å². The highest BCUT2D eigenvalue weighted by atomic mass is 16.5. The fraction of sp³-hybridized carbons (Fsp3) is 0.500. The van der Waals surface area contributed by atoms with Gasteiger partial charge in [0.1, 0.15) is 6.26 Å². The van der Waals surface area contributed by atoms with Crippen LogP contribution in [-0.2, 0) is 15.9 Å². The van der Waals surface area contributed by atoms with Crippen LogP contribution in [-0.4, -0.2) is 62.4 Å². The first-order chi connectivity index (χ1) is 15.1. The Hall–Kier alpha value is -2.91. The van der Waals surface area contributed by atoms with Crippen molar-refractivity contribution in [1.29, 1.82) is 0 Å². The molecule has 2 N–H and O–H groups in total. The Labute approximate surface area is 181 Å². The molecule has 1 aromatic heterocycles. The van der Waals surface area contributed by atoms with Crippen molar-refractivity contribution >= 4 is 23.5 Å². The highest BCUT2D eigenvalue weighted by molar-refractivity contribution is 6.08. The summed E-state index contributed by atoms with van der Waals surface area (Å²) in [7, 11) is 0. The van der Waals surface area contributed by atoms with Crippen LogP contribution < -0.4 is 15.5 Å². The van der Waals surface area contributed by atoms with Crippen molar-refractivity contribution in [3.8, 4) is 0 Å². The average Bonchev–Trinajstić information content (AvgIpc) is 3.31. The fourth-order valence-electron chi connectivity index (χ4n) is 3.67. The number of morpholine rings is 1. The van der Waals surface area contributed by atoms with E-state index in [4.69, 9.17) is 13.9 Å². The number of amides is 2. The van der Waals surface area contributed by atoms with Gasteiger partial charge in [-0.2, -0.15) is 4.98 Å². The maximum atomic E-state index is 13.0. The zero-order valence-corrected chi connectivity index (χ0v) is 17.7. The lowest BCUT2D eigenvalue weighted by Crippen LogP contribution is -2.39. The Kier molecular flexibility index (Phi) is 6.83. The van der Waals surface area contributed by atoms with Gasteiger partial charge >= 0.3 is 0 Å². The Morgan fingerprint density at radius 2 is 1.84 bits per heavy atom. The molecule has 2 aliphatic heterocycles. The molecule has 0 bridgehead atoms. The van der Waals surface area contributed by atoms with Gasteiger partial charge in [-0.15, -0.1) is 0 Å². The number of aromatic nitrogens is 1. The average molecular weight is 428 g/mol. The van der Waals surface area contributed by atoms with Gasteiger partial charge in [-0.05, 0) is 37.0 Å². The molecule has 0 unspecified atom stereocenters. The molecule has 0 radical (unpaired) electrons. The molecular formula is C22H28N4O5. The molecule has 0 saturated carbocycles. The van der Waals surface area contributed by atoms with Gasteiger partial charge in [0.05, 0.1) is 24.5 Å². The topological polar surface area (TPSA) is 106 Å². The molecular weight excluding hydrogens is 400 g/mol. The highest BCUT2D eigenvalue weighted by Crippen LogP contribution is 2.21. The normalized spacial score (nSPS) is 17.4. The van der Waals surface area contributed by atoms with E-state index in [-0.39, 0.29) is 17.6 Å². The third-order valence-electron chi connectivity index (χ3n) is 5.55. The van der Waals surface area contributed by atoms with Crippen LogP contribution in [0.3, 0.4) is 0 Å². The van der Waals surface area contributed by atoms with E-state index in [2.05, 4.69) is 15.6 Å². The third kappa shape index (κ3) is 5.23. The second-order valence-electron chi connectivity index (χ2n) is 7.66. The summed E-state index contributed by atoms with van der Waals surface area (Å²) in [6.07, 6.45) is 3.69. The molecule has 31 heavy (non-hydrogen) atoms. The summed E-state index contributed by atoms with van der Waals surface area (Å²) in [5.41, 5.74) is 2.07. The van der Waals surface area contributed by atoms with Crippen LogP contribution in [0.1, 0.15) is 46.2 Å². The zero-order valence-electron chi connectivity index (χ0n) is 17.7. The van der Waals surface area contributed by atoms with Gasteiger partial charge in [0.15, 0.2) is 5.69 Å². The van der Waals surface area contributed by atoms with E-state index in [9.17, 15) is 9.59 Å². The molecule has 0 aliphatic carbocycles. The Bertz CT molecular complexity index is 916. The van der Waals surface area contributed by atoms with E-state index in [1.807, 2.05) is 24.0 Å². The van der Waals surface area contributed by atoms with Gasteiger partial charge in [0, 0.05) is 32.3 Å². The number of nitrogens with one attached hydrogen (secondary N) is 2. The number of ether oxygens (including phenoxy) is 2. The number of rotatable bonds is 6. The van der Waals surface area contributed by atoms with Gasteiger partial charge in [-0.3, -0.25) is 9.59 Å². The lowest BCUT2D eigenvalue weighted by molar-refractivity contribution is 0.0697. The van der Waals surface area contributed by atoms with Gasteiger partial charge in [0.2, 0.25) is 0 Å². The SMILES string of the molecule is CCc1ccc(NC(=O)c2coc(N3CCOCC3)n2)c(C(=O)NC2CCOCC2)c1. The van der Waals surface area contributed by atoms with Gasteiger partial charge < -0.3 is 29.4 Å². The van der Waals surface area contributed by atoms with Crippen molar-refractivity contribution < 1.29 is 23.5 Å². The lowest BCUT2D eigenvalue weighted by Gasteiger charge is -2.24. The number of nitrogens with zero attached hydrogens (tertiary/aromatic N) is 2. The maximum Gasteiger partial charge on any atom is 0.298 e. The fourth-order valence-corrected chi connectivity index (χ4v) is 3.67. The molecule has 2 saturated heterocycles. The number of oxazole rings is 1. The second-order valence-corrected chi connectivity index (χ2v) is 7.66. The first-order valence-electron chi connectivity index (χ1n) is 10.7. The van der Waals surface area contributed by atoms with E-state index >= 15 is 0 Å². The number of hydrogen-bond donors (Lipinski definition) is 2. The minimum Gasteiger partial charge on any atom is -0.431 e. The third-order valence-corrected chi connectivity index (χ3v) is 5.55. The summed E-state index contributed by atoms with van der Waals surface area (Å²) in [5.74, 6) is -0.626. The van der Waals surface area contributed by atoms with Crippen LogP contribution in [0.25, 0.3) is 0 Å². The van der Waals surface area contributed by atoms with Crippen molar-refractivity contribution in [3.05, 3.63) is 41.3 Å². The number of carbonyl (C=O) groups is 2. The van der Waals surface area contributed by atoms with Gasteiger partial charge in [-0.25, -0.2) is 0 Å². The molecule has 3 heterocycles. The summed E-state index contributed by atoms with van der Waals surface area (Å²) < 4.78 is 16.2. The maximum absolute atomic E-state index is 13.0. The largest absolute Gasteiger partial charge is 0.431 e. The standard InChI is InChI=1S/C22H28N4O5/c1-2-15-3-4-18(17(13-15)20(27)23-16-5-9-29-10-6-16)24-21(28)19-14-31-22(25-19)26-7-11-30-12-8-26/h3-4,13-14,16H,2,5-12H2,1H3,(H,23,27)(H,24,28). The molecule has 2 aromatic rings.